The normalized spacial score (nSPS) is 22.5. The highest BCUT2D eigenvalue weighted by Gasteiger charge is 2.41. The molecule has 0 bridgehead atoms. The number of thiophene rings is 1. The van der Waals surface area contributed by atoms with Crippen LogP contribution in [0.2, 0.25) is 0 Å². The third-order valence-corrected chi connectivity index (χ3v) is 5.47. The molecule has 2 fully saturated rings. The third kappa shape index (κ3) is 6.86. The zero-order valence-corrected chi connectivity index (χ0v) is 17.4. The first-order valence-electron chi connectivity index (χ1n) is 9.55. The Kier molecular flexibility index (Phi) is 7.81. The smallest absolute Gasteiger partial charge is 0.475 e. The molecule has 4 heterocycles. The lowest BCUT2D eigenvalue weighted by Crippen LogP contribution is -2.58. The maximum atomic E-state index is 10.6. The lowest BCUT2D eigenvalue weighted by Gasteiger charge is -2.43. The van der Waals surface area contributed by atoms with E-state index in [1.807, 2.05) is 6.07 Å². The fraction of sp³-hybridized carbons (Fsp3) is 0.526. The molecule has 0 amide bonds. The number of aromatic nitrogens is 2. The van der Waals surface area contributed by atoms with Gasteiger partial charge in [0.15, 0.2) is 0 Å². The summed E-state index contributed by atoms with van der Waals surface area (Å²) >= 11 is 1.75. The highest BCUT2D eigenvalue weighted by molar-refractivity contribution is 7.07. The molecule has 31 heavy (non-hydrogen) atoms. The van der Waals surface area contributed by atoms with E-state index in [1.54, 1.807) is 23.7 Å². The summed E-state index contributed by atoms with van der Waals surface area (Å²) in [6.07, 6.45) is -1.52. The van der Waals surface area contributed by atoms with Gasteiger partial charge in [-0.3, -0.25) is 4.90 Å². The van der Waals surface area contributed by atoms with Crippen molar-refractivity contribution in [3.05, 3.63) is 40.8 Å². The average molecular weight is 460 g/mol. The van der Waals surface area contributed by atoms with E-state index < -0.39 is 12.1 Å². The van der Waals surface area contributed by atoms with Crippen molar-refractivity contribution in [1.29, 1.82) is 0 Å². The van der Waals surface area contributed by atoms with Gasteiger partial charge in [-0.05, 0) is 28.5 Å². The number of ether oxygens (including phenoxy) is 2. The van der Waals surface area contributed by atoms with Crippen LogP contribution < -0.4 is 4.90 Å². The number of nitrogens with zero attached hydrogens (tertiary/aromatic N) is 4. The van der Waals surface area contributed by atoms with Crippen molar-refractivity contribution in [1.82, 2.24) is 14.9 Å². The number of carboxylic acids is 1. The number of halogens is 3. The molecule has 2 aromatic heterocycles. The van der Waals surface area contributed by atoms with E-state index in [0.29, 0.717) is 13.2 Å². The zero-order chi connectivity index (χ0) is 22.3. The number of anilines is 1. The minimum absolute atomic E-state index is 0.316. The van der Waals surface area contributed by atoms with Gasteiger partial charge >= 0.3 is 12.1 Å². The van der Waals surface area contributed by atoms with Crippen LogP contribution in [0.15, 0.2) is 35.3 Å². The molecule has 1 atom stereocenters. The fourth-order valence-corrected chi connectivity index (χ4v) is 4.07. The fourth-order valence-electron chi connectivity index (χ4n) is 3.41. The van der Waals surface area contributed by atoms with Crippen LogP contribution in [0.5, 0.6) is 0 Å². The molecular formula is C19H23F3N4O4S. The van der Waals surface area contributed by atoms with E-state index in [2.05, 4.69) is 36.6 Å². The van der Waals surface area contributed by atoms with E-state index in [4.69, 9.17) is 19.4 Å². The molecule has 4 rings (SSSR count). The van der Waals surface area contributed by atoms with Crippen LogP contribution in [-0.4, -0.2) is 83.7 Å². The first-order chi connectivity index (χ1) is 14.8. The van der Waals surface area contributed by atoms with Crippen LogP contribution in [0.25, 0.3) is 0 Å². The summed E-state index contributed by atoms with van der Waals surface area (Å²) in [5, 5.41) is 11.5. The summed E-state index contributed by atoms with van der Waals surface area (Å²) < 4.78 is 43.8. The molecule has 2 aromatic rings. The molecule has 1 unspecified atom stereocenters. The SMILES string of the molecule is O=C(O)C(F)(F)F.c1cnc(N2CCOCC3(CN(Cc4ccsc4)CCO3)C2)nc1. The Morgan fingerprint density at radius 1 is 1.23 bits per heavy atom. The molecule has 0 aliphatic carbocycles. The van der Waals surface area contributed by atoms with Gasteiger partial charge in [0.1, 0.15) is 5.60 Å². The quantitative estimate of drug-likeness (QED) is 0.747. The minimum atomic E-state index is -5.08. The molecule has 2 saturated heterocycles. The maximum Gasteiger partial charge on any atom is 0.490 e. The van der Waals surface area contributed by atoms with Gasteiger partial charge in [0.25, 0.3) is 0 Å². The summed E-state index contributed by atoms with van der Waals surface area (Å²) in [4.78, 5) is 22.3. The van der Waals surface area contributed by atoms with Crippen LogP contribution in [0.4, 0.5) is 19.1 Å². The predicted octanol–water partition coefficient (Wildman–Crippen LogP) is 2.28. The standard InChI is InChI=1S/C17H22N4O2S.C2HF3O2/c1-3-18-16(19-4-1)21-6-7-22-14-17(13-21)12-20(5-8-23-17)10-15-2-9-24-11-15;3-2(4,5)1(6)7/h1-4,9,11H,5-8,10,12-14H2;(H,6,7). The minimum Gasteiger partial charge on any atom is -0.475 e. The molecule has 1 N–H and O–H groups in total. The monoisotopic (exact) mass is 460 g/mol. The molecule has 2 aliphatic heterocycles. The van der Waals surface area contributed by atoms with E-state index in [0.717, 1.165) is 45.3 Å². The summed E-state index contributed by atoms with van der Waals surface area (Å²) in [6, 6.07) is 4.04. The van der Waals surface area contributed by atoms with Crippen molar-refractivity contribution in [2.75, 3.05) is 50.9 Å². The van der Waals surface area contributed by atoms with E-state index in [1.165, 1.54) is 5.56 Å². The number of aliphatic carboxylic acids is 1. The van der Waals surface area contributed by atoms with Crippen LogP contribution >= 0.6 is 11.3 Å². The summed E-state index contributed by atoms with van der Waals surface area (Å²) in [5.74, 6) is -2.01. The second-order valence-corrected chi connectivity index (χ2v) is 7.98. The Morgan fingerprint density at radius 3 is 2.61 bits per heavy atom. The number of carbonyl (C=O) groups is 1. The van der Waals surface area contributed by atoms with Gasteiger partial charge < -0.3 is 19.5 Å². The molecule has 170 valence electrons. The van der Waals surface area contributed by atoms with E-state index in [-0.39, 0.29) is 5.60 Å². The van der Waals surface area contributed by atoms with Crippen LogP contribution in [-0.2, 0) is 20.8 Å². The zero-order valence-electron chi connectivity index (χ0n) is 16.6. The second-order valence-electron chi connectivity index (χ2n) is 7.20. The average Bonchev–Trinajstić information content (AvgIpc) is 3.16. The molecule has 0 aromatic carbocycles. The van der Waals surface area contributed by atoms with E-state index >= 15 is 0 Å². The first-order valence-corrected chi connectivity index (χ1v) is 10.5. The Labute approximate surface area is 181 Å². The van der Waals surface area contributed by atoms with E-state index in [9.17, 15) is 13.2 Å². The van der Waals surface area contributed by atoms with Crippen LogP contribution in [0.1, 0.15) is 5.56 Å². The topological polar surface area (TPSA) is 88.0 Å². The second kappa shape index (κ2) is 10.4. The number of carboxylic acid groups (broad SMARTS) is 1. The molecular weight excluding hydrogens is 437 g/mol. The molecule has 0 saturated carbocycles. The lowest BCUT2D eigenvalue weighted by molar-refractivity contribution is -0.192. The van der Waals surface area contributed by atoms with Crippen LogP contribution in [0.3, 0.4) is 0 Å². The Bertz CT molecular complexity index is 825. The Balaban J connectivity index is 0.000000339. The van der Waals surface area contributed by atoms with Gasteiger partial charge in [0, 0.05) is 38.6 Å². The number of alkyl halides is 3. The highest BCUT2D eigenvalue weighted by Crippen LogP contribution is 2.25. The lowest BCUT2D eigenvalue weighted by atomic mass is 10.0. The Morgan fingerprint density at radius 2 is 1.97 bits per heavy atom. The Hall–Kier alpha value is -2.28. The number of morpholine rings is 1. The maximum absolute atomic E-state index is 10.6. The summed E-state index contributed by atoms with van der Waals surface area (Å²) in [6.45, 7) is 6.38. The van der Waals surface area contributed by atoms with Crippen molar-refractivity contribution in [2.45, 2.75) is 18.3 Å². The molecule has 12 heteroatoms. The van der Waals surface area contributed by atoms with Crippen molar-refractivity contribution in [3.63, 3.8) is 0 Å². The molecule has 8 nitrogen and oxygen atoms in total. The van der Waals surface area contributed by atoms with Gasteiger partial charge in [0.05, 0.1) is 26.4 Å². The van der Waals surface area contributed by atoms with Crippen molar-refractivity contribution in [2.24, 2.45) is 0 Å². The van der Waals surface area contributed by atoms with Gasteiger partial charge in [-0.2, -0.15) is 24.5 Å². The summed E-state index contributed by atoms with van der Waals surface area (Å²) in [7, 11) is 0. The number of hydrogen-bond donors (Lipinski definition) is 1. The number of hydrogen-bond acceptors (Lipinski definition) is 8. The van der Waals surface area contributed by atoms with Gasteiger partial charge in [0.2, 0.25) is 5.95 Å². The highest BCUT2D eigenvalue weighted by atomic mass is 32.1. The first kappa shape index (κ1) is 23.4. The van der Waals surface area contributed by atoms with Crippen molar-refractivity contribution >= 4 is 23.3 Å². The molecule has 1 spiro atoms. The third-order valence-electron chi connectivity index (χ3n) is 4.74. The van der Waals surface area contributed by atoms with Crippen molar-refractivity contribution < 1.29 is 32.5 Å². The molecule has 2 aliphatic rings. The predicted molar refractivity (Wildman–Crippen MR) is 107 cm³/mol. The number of rotatable bonds is 3. The largest absolute Gasteiger partial charge is 0.490 e. The van der Waals surface area contributed by atoms with Crippen molar-refractivity contribution in [3.8, 4) is 0 Å². The molecule has 0 radical (unpaired) electrons. The van der Waals surface area contributed by atoms with Crippen LogP contribution in [0, 0.1) is 0 Å². The summed E-state index contributed by atoms with van der Waals surface area (Å²) in [5.41, 5.74) is 1.05. The van der Waals surface area contributed by atoms with Gasteiger partial charge in [-0.15, -0.1) is 0 Å². The van der Waals surface area contributed by atoms with Gasteiger partial charge in [-0.1, -0.05) is 0 Å². The van der Waals surface area contributed by atoms with Gasteiger partial charge in [-0.25, -0.2) is 14.8 Å².